The average molecular weight is 537 g/mol. The maximum atomic E-state index is 13.1. The number of hydrogen-bond acceptors (Lipinski definition) is 8. The Kier molecular flexibility index (Phi) is 12.7. The molecule has 5 atom stereocenters. The molecule has 14 nitrogen and oxygen atoms in total. The van der Waals surface area contributed by atoms with Gasteiger partial charge in [0.15, 0.2) is 0 Å². The van der Waals surface area contributed by atoms with Gasteiger partial charge in [-0.2, -0.15) is 0 Å². The summed E-state index contributed by atoms with van der Waals surface area (Å²) in [6.45, 7) is 3.43. The van der Waals surface area contributed by atoms with Crippen molar-refractivity contribution >= 4 is 35.5 Å². The minimum atomic E-state index is -1.53. The van der Waals surface area contributed by atoms with Gasteiger partial charge in [-0.3, -0.25) is 24.0 Å². The van der Waals surface area contributed by atoms with Gasteiger partial charge < -0.3 is 43.4 Å². The average Bonchev–Trinajstić information content (AvgIpc) is 2.84. The fourth-order valence-electron chi connectivity index (χ4n) is 3.40. The third kappa shape index (κ3) is 10.8. The fraction of sp³-hybridized carbons (Fsp3) is 0.500. The number of primary amides is 2. The molecule has 0 bridgehead atoms. The van der Waals surface area contributed by atoms with Crippen LogP contribution in [0.3, 0.4) is 0 Å². The topological polar surface area (TPSA) is 257 Å². The van der Waals surface area contributed by atoms with E-state index in [1.165, 1.54) is 24.3 Å². The second-order valence-corrected chi connectivity index (χ2v) is 8.98. The summed E-state index contributed by atoms with van der Waals surface area (Å²) >= 11 is 0. The van der Waals surface area contributed by atoms with Gasteiger partial charge in [0.1, 0.15) is 23.9 Å². The number of carboxylic acid groups (broad SMARTS) is 1. The number of rotatable bonds is 16. The zero-order chi connectivity index (χ0) is 29.0. The number of hydrogen-bond donors (Lipinski definition) is 8. The van der Waals surface area contributed by atoms with Gasteiger partial charge in [-0.1, -0.05) is 32.4 Å². The number of nitrogens with two attached hydrogens (primary N) is 3. The van der Waals surface area contributed by atoms with E-state index in [2.05, 4.69) is 16.0 Å². The number of aliphatic carboxylic acids is 1. The molecule has 0 heterocycles. The lowest BCUT2D eigenvalue weighted by Crippen LogP contribution is -2.59. The first-order valence-electron chi connectivity index (χ1n) is 12.0. The number of nitrogens with one attached hydrogen (secondary N) is 3. The van der Waals surface area contributed by atoms with E-state index in [0.717, 1.165) is 0 Å². The molecule has 0 aliphatic carbocycles. The normalized spacial score (nSPS) is 14.7. The molecule has 210 valence electrons. The van der Waals surface area contributed by atoms with Crippen LogP contribution in [0.2, 0.25) is 0 Å². The van der Waals surface area contributed by atoms with Gasteiger partial charge in [-0.15, -0.1) is 0 Å². The summed E-state index contributed by atoms with van der Waals surface area (Å²) in [4.78, 5) is 72.9. The molecule has 0 aliphatic rings. The Morgan fingerprint density at radius 3 is 1.95 bits per heavy atom. The summed E-state index contributed by atoms with van der Waals surface area (Å²) in [5.41, 5.74) is 16.6. The van der Waals surface area contributed by atoms with E-state index in [4.69, 9.17) is 17.2 Å². The first kappa shape index (κ1) is 31.8. The summed E-state index contributed by atoms with van der Waals surface area (Å²) in [5, 5.41) is 26.1. The van der Waals surface area contributed by atoms with Crippen LogP contribution in [0.4, 0.5) is 0 Å². The summed E-state index contributed by atoms with van der Waals surface area (Å²) in [7, 11) is 0. The second kappa shape index (κ2) is 15.1. The summed E-state index contributed by atoms with van der Waals surface area (Å²) in [6, 6.07) is 0.429. The Balaban J connectivity index is 3.03. The van der Waals surface area contributed by atoms with Crippen LogP contribution < -0.4 is 33.2 Å². The second-order valence-electron chi connectivity index (χ2n) is 8.98. The molecule has 38 heavy (non-hydrogen) atoms. The standard InChI is InChI=1S/C24H36N6O8/c1-3-12(2)20(30-21(34)15(25)8-9-18(26)32)23(36)28-16(11-19(27)33)22(35)29-17(24(37)38)10-13-4-6-14(31)7-5-13/h4-7,12,15-17,20,31H,3,8-11,25H2,1-2H3,(H2,26,32)(H2,27,33)(H,28,36)(H,29,35)(H,30,34)(H,37,38). The zero-order valence-electron chi connectivity index (χ0n) is 21.3. The SMILES string of the molecule is CCC(C)C(NC(=O)C(N)CCC(N)=O)C(=O)NC(CC(N)=O)C(=O)NC(Cc1ccc(O)cc1)C(=O)O. The number of aromatic hydroxyl groups is 1. The van der Waals surface area contributed by atoms with Crippen LogP contribution in [-0.2, 0) is 35.2 Å². The Morgan fingerprint density at radius 1 is 0.868 bits per heavy atom. The van der Waals surface area contributed by atoms with Gasteiger partial charge in [0.2, 0.25) is 29.5 Å². The van der Waals surface area contributed by atoms with Gasteiger partial charge in [-0.05, 0) is 30.0 Å². The van der Waals surface area contributed by atoms with E-state index >= 15 is 0 Å². The van der Waals surface area contributed by atoms with Crippen LogP contribution in [-0.4, -0.2) is 69.9 Å². The van der Waals surface area contributed by atoms with Crippen LogP contribution >= 0.6 is 0 Å². The van der Waals surface area contributed by atoms with Crippen molar-refractivity contribution in [2.45, 2.75) is 70.1 Å². The predicted octanol–water partition coefficient (Wildman–Crippen LogP) is -2.01. The maximum absolute atomic E-state index is 13.1. The van der Waals surface area contributed by atoms with E-state index < -0.39 is 72.0 Å². The highest BCUT2D eigenvalue weighted by atomic mass is 16.4. The van der Waals surface area contributed by atoms with Crippen molar-refractivity contribution in [1.29, 1.82) is 0 Å². The Bertz CT molecular complexity index is 1020. The lowest BCUT2D eigenvalue weighted by Gasteiger charge is -2.27. The molecule has 0 saturated carbocycles. The lowest BCUT2D eigenvalue weighted by molar-refractivity contribution is -0.142. The monoisotopic (exact) mass is 536 g/mol. The van der Waals surface area contributed by atoms with Crippen LogP contribution in [0.1, 0.15) is 45.1 Å². The van der Waals surface area contributed by atoms with Crippen molar-refractivity contribution in [3.63, 3.8) is 0 Å². The van der Waals surface area contributed by atoms with E-state index in [1.54, 1.807) is 13.8 Å². The number of phenolic OH excluding ortho intramolecular Hbond substituents is 1. The molecule has 1 rings (SSSR count). The molecule has 0 fully saturated rings. The Morgan fingerprint density at radius 2 is 1.45 bits per heavy atom. The van der Waals surface area contributed by atoms with E-state index in [-0.39, 0.29) is 25.0 Å². The smallest absolute Gasteiger partial charge is 0.326 e. The molecule has 5 amide bonds. The molecule has 0 radical (unpaired) electrons. The van der Waals surface area contributed by atoms with Crippen LogP contribution in [0.25, 0.3) is 0 Å². The Hall–Kier alpha value is -4.20. The van der Waals surface area contributed by atoms with Gasteiger partial charge in [0, 0.05) is 12.8 Å². The largest absolute Gasteiger partial charge is 0.508 e. The van der Waals surface area contributed by atoms with Crippen molar-refractivity contribution in [2.24, 2.45) is 23.1 Å². The summed E-state index contributed by atoms with van der Waals surface area (Å²) in [5.74, 6) is -5.92. The molecule has 0 spiro atoms. The number of carboxylic acids is 1. The molecule has 1 aromatic rings. The molecule has 14 heteroatoms. The Labute approximate surface area is 219 Å². The zero-order valence-corrected chi connectivity index (χ0v) is 21.3. The van der Waals surface area contributed by atoms with Crippen molar-refractivity contribution in [2.75, 3.05) is 0 Å². The number of carbonyl (C=O) groups is 6. The van der Waals surface area contributed by atoms with Gasteiger partial charge in [-0.25, -0.2) is 4.79 Å². The molecule has 0 aromatic heterocycles. The molecule has 0 aliphatic heterocycles. The number of phenols is 1. The highest BCUT2D eigenvalue weighted by Crippen LogP contribution is 2.13. The molecule has 1 aromatic carbocycles. The van der Waals surface area contributed by atoms with Gasteiger partial charge >= 0.3 is 5.97 Å². The fourth-order valence-corrected chi connectivity index (χ4v) is 3.40. The quantitative estimate of drug-likeness (QED) is 0.116. The third-order valence-corrected chi connectivity index (χ3v) is 5.86. The van der Waals surface area contributed by atoms with Crippen molar-refractivity contribution in [1.82, 2.24) is 16.0 Å². The number of carbonyl (C=O) groups excluding carboxylic acids is 5. The molecule has 11 N–H and O–H groups in total. The van der Waals surface area contributed by atoms with Crippen molar-refractivity contribution in [3.05, 3.63) is 29.8 Å². The minimum absolute atomic E-state index is 0.0225. The third-order valence-electron chi connectivity index (χ3n) is 5.86. The van der Waals surface area contributed by atoms with Crippen LogP contribution in [0.5, 0.6) is 5.75 Å². The number of amides is 5. The summed E-state index contributed by atoms with van der Waals surface area (Å²) < 4.78 is 0. The van der Waals surface area contributed by atoms with E-state index in [0.29, 0.717) is 12.0 Å². The molecule has 0 saturated heterocycles. The number of benzene rings is 1. The van der Waals surface area contributed by atoms with E-state index in [9.17, 15) is 39.0 Å². The molecule has 5 unspecified atom stereocenters. The predicted molar refractivity (Wildman–Crippen MR) is 135 cm³/mol. The molecular formula is C24H36N6O8. The van der Waals surface area contributed by atoms with Crippen LogP contribution in [0.15, 0.2) is 24.3 Å². The van der Waals surface area contributed by atoms with Crippen LogP contribution in [0, 0.1) is 5.92 Å². The van der Waals surface area contributed by atoms with Gasteiger partial charge in [0.05, 0.1) is 12.5 Å². The first-order valence-corrected chi connectivity index (χ1v) is 12.0. The lowest BCUT2D eigenvalue weighted by atomic mass is 9.97. The highest BCUT2D eigenvalue weighted by molar-refractivity contribution is 5.96. The summed E-state index contributed by atoms with van der Waals surface area (Å²) in [6.07, 6.45) is -0.518. The minimum Gasteiger partial charge on any atom is -0.508 e. The first-order chi connectivity index (χ1) is 17.7. The van der Waals surface area contributed by atoms with Gasteiger partial charge in [0.25, 0.3) is 0 Å². The van der Waals surface area contributed by atoms with Crippen molar-refractivity contribution < 1.29 is 39.0 Å². The highest BCUT2D eigenvalue weighted by Gasteiger charge is 2.33. The van der Waals surface area contributed by atoms with E-state index in [1.807, 2.05) is 0 Å². The van der Waals surface area contributed by atoms with Crippen molar-refractivity contribution in [3.8, 4) is 5.75 Å². The molecular weight excluding hydrogens is 500 g/mol. The maximum Gasteiger partial charge on any atom is 0.326 e.